The van der Waals surface area contributed by atoms with Crippen LogP contribution in [0, 0.1) is 0 Å². The Kier molecular flexibility index (Phi) is 9.84. The zero-order valence-electron chi connectivity index (χ0n) is 15.7. The van der Waals surface area contributed by atoms with Crippen molar-refractivity contribution in [2.45, 2.75) is 44.8 Å². The van der Waals surface area contributed by atoms with Crippen LogP contribution in [0.2, 0.25) is 0 Å². The number of likely N-dealkylation sites (N-methyl/N-ethyl adjacent to an activating group) is 1. The summed E-state index contributed by atoms with van der Waals surface area (Å²) >= 11 is 0. The van der Waals surface area contributed by atoms with Crippen molar-refractivity contribution in [3.63, 3.8) is 0 Å². The second-order valence-electron chi connectivity index (χ2n) is 6.51. The SMILES string of the molecule is CCN(CC)C1CCN(C(=NC)NCC2(OC)CCOCC2)C1.I. The lowest BCUT2D eigenvalue weighted by Gasteiger charge is -2.37. The van der Waals surface area contributed by atoms with Crippen LogP contribution in [0.1, 0.15) is 33.1 Å². The zero-order chi connectivity index (χ0) is 16.7. The third-order valence-electron chi connectivity index (χ3n) is 5.41. The summed E-state index contributed by atoms with van der Waals surface area (Å²) < 4.78 is 11.3. The predicted octanol–water partition coefficient (Wildman–Crippen LogP) is 1.79. The number of likely N-dealkylation sites (tertiary alicyclic amines) is 1. The van der Waals surface area contributed by atoms with Gasteiger partial charge in [0, 0.05) is 65.9 Å². The first kappa shape index (κ1) is 21.9. The van der Waals surface area contributed by atoms with E-state index in [1.807, 2.05) is 14.2 Å². The number of halogens is 1. The fraction of sp³-hybridized carbons (Fsp3) is 0.941. The van der Waals surface area contributed by atoms with Crippen LogP contribution in [-0.4, -0.2) is 87.5 Å². The Morgan fingerprint density at radius 2 is 2.00 bits per heavy atom. The van der Waals surface area contributed by atoms with Crippen molar-refractivity contribution in [3.05, 3.63) is 0 Å². The highest BCUT2D eigenvalue weighted by molar-refractivity contribution is 14.0. The number of nitrogens with zero attached hydrogens (tertiary/aromatic N) is 3. The van der Waals surface area contributed by atoms with Gasteiger partial charge in [0.15, 0.2) is 5.96 Å². The molecule has 142 valence electrons. The summed E-state index contributed by atoms with van der Waals surface area (Å²) in [5.41, 5.74) is -0.119. The van der Waals surface area contributed by atoms with Crippen LogP contribution in [-0.2, 0) is 9.47 Å². The van der Waals surface area contributed by atoms with Gasteiger partial charge >= 0.3 is 0 Å². The summed E-state index contributed by atoms with van der Waals surface area (Å²) in [5, 5.41) is 3.55. The Hall–Kier alpha value is -0.120. The van der Waals surface area contributed by atoms with Gasteiger partial charge in [-0.2, -0.15) is 0 Å². The minimum atomic E-state index is -0.119. The highest BCUT2D eigenvalue weighted by Gasteiger charge is 2.34. The van der Waals surface area contributed by atoms with E-state index >= 15 is 0 Å². The highest BCUT2D eigenvalue weighted by Crippen LogP contribution is 2.24. The summed E-state index contributed by atoms with van der Waals surface area (Å²) in [6.45, 7) is 11.2. The fourth-order valence-corrected chi connectivity index (χ4v) is 3.74. The summed E-state index contributed by atoms with van der Waals surface area (Å²) in [4.78, 5) is 9.42. The molecule has 0 bridgehead atoms. The first-order valence-corrected chi connectivity index (χ1v) is 9.00. The number of hydrogen-bond acceptors (Lipinski definition) is 4. The van der Waals surface area contributed by atoms with Gasteiger partial charge in [-0.3, -0.25) is 9.89 Å². The molecule has 2 rings (SSSR count). The van der Waals surface area contributed by atoms with Gasteiger partial charge < -0.3 is 19.7 Å². The van der Waals surface area contributed by atoms with E-state index in [9.17, 15) is 0 Å². The molecule has 24 heavy (non-hydrogen) atoms. The van der Waals surface area contributed by atoms with Gasteiger partial charge in [0.2, 0.25) is 0 Å². The van der Waals surface area contributed by atoms with Gasteiger partial charge in [0.1, 0.15) is 0 Å². The number of ether oxygens (including phenoxy) is 2. The standard InChI is InChI=1S/C17H34N4O2.HI/c1-5-20(6-2)15-7-10-21(13-15)16(18-3)19-14-17(22-4)8-11-23-12-9-17;/h15H,5-14H2,1-4H3,(H,18,19);1H. The molecule has 2 fully saturated rings. The first-order chi connectivity index (χ1) is 11.2. The molecule has 1 unspecified atom stereocenters. The van der Waals surface area contributed by atoms with Gasteiger partial charge in [0.25, 0.3) is 0 Å². The molecule has 0 aromatic rings. The monoisotopic (exact) mass is 454 g/mol. The van der Waals surface area contributed by atoms with E-state index < -0.39 is 0 Å². The Morgan fingerprint density at radius 3 is 2.54 bits per heavy atom. The molecular weight excluding hydrogens is 419 g/mol. The molecule has 1 atom stereocenters. The molecule has 0 amide bonds. The molecule has 2 aliphatic rings. The van der Waals surface area contributed by atoms with Crippen LogP contribution in [0.3, 0.4) is 0 Å². The minimum absolute atomic E-state index is 0. The van der Waals surface area contributed by atoms with Crippen LogP contribution < -0.4 is 5.32 Å². The quantitative estimate of drug-likeness (QED) is 0.377. The predicted molar refractivity (Wildman–Crippen MR) is 109 cm³/mol. The maximum absolute atomic E-state index is 5.81. The minimum Gasteiger partial charge on any atom is -0.381 e. The van der Waals surface area contributed by atoms with Crippen molar-refractivity contribution in [3.8, 4) is 0 Å². The number of guanidine groups is 1. The lowest BCUT2D eigenvalue weighted by molar-refractivity contribution is -0.0857. The normalized spacial score (nSPS) is 24.1. The number of nitrogens with one attached hydrogen (secondary N) is 1. The second-order valence-corrected chi connectivity index (χ2v) is 6.51. The number of rotatable bonds is 6. The van der Waals surface area contributed by atoms with E-state index in [1.165, 1.54) is 6.42 Å². The molecule has 0 saturated carbocycles. The molecule has 0 radical (unpaired) electrons. The van der Waals surface area contributed by atoms with Crippen molar-refractivity contribution in [1.29, 1.82) is 0 Å². The molecule has 6 nitrogen and oxygen atoms in total. The third kappa shape index (κ3) is 5.44. The number of methoxy groups -OCH3 is 1. The fourth-order valence-electron chi connectivity index (χ4n) is 3.74. The van der Waals surface area contributed by atoms with E-state index in [-0.39, 0.29) is 29.6 Å². The topological polar surface area (TPSA) is 49.3 Å². The molecule has 2 heterocycles. The van der Waals surface area contributed by atoms with Crippen molar-refractivity contribution in [2.24, 2.45) is 4.99 Å². The molecule has 0 spiro atoms. The molecule has 0 aliphatic carbocycles. The van der Waals surface area contributed by atoms with Crippen LogP contribution in [0.15, 0.2) is 4.99 Å². The number of hydrogen-bond donors (Lipinski definition) is 1. The van der Waals surface area contributed by atoms with Crippen molar-refractivity contribution in [1.82, 2.24) is 15.1 Å². The van der Waals surface area contributed by atoms with E-state index in [0.29, 0.717) is 6.04 Å². The Bertz CT molecular complexity index is 385. The van der Waals surface area contributed by atoms with Crippen LogP contribution >= 0.6 is 24.0 Å². The molecule has 2 saturated heterocycles. The second kappa shape index (κ2) is 10.8. The van der Waals surface area contributed by atoms with Gasteiger partial charge in [-0.05, 0) is 19.5 Å². The van der Waals surface area contributed by atoms with E-state index in [2.05, 4.69) is 34.0 Å². The zero-order valence-corrected chi connectivity index (χ0v) is 18.0. The van der Waals surface area contributed by atoms with Crippen molar-refractivity contribution in [2.75, 3.05) is 60.1 Å². The molecule has 0 aromatic carbocycles. The van der Waals surface area contributed by atoms with Gasteiger partial charge in [-0.1, -0.05) is 13.8 Å². The smallest absolute Gasteiger partial charge is 0.193 e. The maximum Gasteiger partial charge on any atom is 0.193 e. The van der Waals surface area contributed by atoms with Gasteiger partial charge in [-0.15, -0.1) is 24.0 Å². The Balaban J connectivity index is 0.00000288. The average Bonchev–Trinajstić information content (AvgIpc) is 3.07. The third-order valence-corrected chi connectivity index (χ3v) is 5.41. The summed E-state index contributed by atoms with van der Waals surface area (Å²) in [6, 6.07) is 0.642. The van der Waals surface area contributed by atoms with Crippen LogP contribution in [0.5, 0.6) is 0 Å². The summed E-state index contributed by atoms with van der Waals surface area (Å²) in [5.74, 6) is 1.00. The summed E-state index contributed by atoms with van der Waals surface area (Å²) in [6.07, 6.45) is 3.09. The van der Waals surface area contributed by atoms with Crippen LogP contribution in [0.25, 0.3) is 0 Å². The molecule has 1 N–H and O–H groups in total. The lowest BCUT2D eigenvalue weighted by atomic mass is 9.94. The first-order valence-electron chi connectivity index (χ1n) is 9.00. The van der Waals surface area contributed by atoms with Crippen molar-refractivity contribution >= 4 is 29.9 Å². The average molecular weight is 454 g/mol. The van der Waals surface area contributed by atoms with Gasteiger partial charge in [0.05, 0.1) is 5.60 Å². The van der Waals surface area contributed by atoms with E-state index in [0.717, 1.165) is 64.7 Å². The summed E-state index contributed by atoms with van der Waals surface area (Å²) in [7, 11) is 3.68. The van der Waals surface area contributed by atoms with E-state index in [1.54, 1.807) is 0 Å². The van der Waals surface area contributed by atoms with E-state index in [4.69, 9.17) is 9.47 Å². The lowest BCUT2D eigenvalue weighted by Crippen LogP contribution is -2.51. The molecule has 0 aromatic heterocycles. The largest absolute Gasteiger partial charge is 0.381 e. The Labute approximate surface area is 164 Å². The van der Waals surface area contributed by atoms with Crippen molar-refractivity contribution < 1.29 is 9.47 Å². The highest BCUT2D eigenvalue weighted by atomic mass is 127. The Morgan fingerprint density at radius 1 is 1.33 bits per heavy atom. The molecular formula is C17H35IN4O2. The molecule has 2 aliphatic heterocycles. The number of aliphatic imine (C=N–C) groups is 1. The molecule has 7 heteroatoms. The maximum atomic E-state index is 5.81. The van der Waals surface area contributed by atoms with Crippen LogP contribution in [0.4, 0.5) is 0 Å². The van der Waals surface area contributed by atoms with Gasteiger partial charge in [-0.25, -0.2) is 0 Å².